The fourth-order valence-electron chi connectivity index (χ4n) is 6.67. The van der Waals surface area contributed by atoms with Crippen LogP contribution in [-0.2, 0) is 0 Å². The van der Waals surface area contributed by atoms with E-state index < -0.39 is 0 Å². The largest absolute Gasteiger partial charge is 0.310 e. The first kappa shape index (κ1) is 27.7. The highest BCUT2D eigenvalue weighted by molar-refractivity contribution is 6.23. The Morgan fingerprint density at radius 3 is 1.48 bits per heavy atom. The number of hydrogen-bond acceptors (Lipinski definition) is 2. The molecule has 0 spiro atoms. The molecular weight excluding hydrogens is 556 g/mol. The number of benzene rings is 8. The van der Waals surface area contributed by atoms with Crippen molar-refractivity contribution < 1.29 is 0 Å². The summed E-state index contributed by atoms with van der Waals surface area (Å²) in [6.07, 6.45) is 0. The van der Waals surface area contributed by atoms with Crippen molar-refractivity contribution in [2.75, 3.05) is 9.80 Å². The summed E-state index contributed by atoms with van der Waals surface area (Å²) in [5.74, 6) is 0. The minimum absolute atomic E-state index is 1.12. The molecule has 0 atom stereocenters. The van der Waals surface area contributed by atoms with Crippen molar-refractivity contribution in [3.05, 3.63) is 181 Å². The van der Waals surface area contributed by atoms with E-state index in [0.717, 1.165) is 28.4 Å². The van der Waals surface area contributed by atoms with Crippen LogP contribution in [-0.4, -0.2) is 0 Å². The molecule has 0 aliphatic carbocycles. The lowest BCUT2D eigenvalue weighted by Crippen LogP contribution is -2.13. The smallest absolute Gasteiger partial charge is 0.0619 e. The molecule has 0 fully saturated rings. The van der Waals surface area contributed by atoms with E-state index in [1.807, 2.05) is 0 Å². The number of para-hydroxylation sites is 2. The molecule has 0 bridgehead atoms. The molecule has 2 heteroatoms. The van der Waals surface area contributed by atoms with Gasteiger partial charge in [-0.3, -0.25) is 0 Å². The van der Waals surface area contributed by atoms with Gasteiger partial charge in [-0.15, -0.1) is 0 Å². The lowest BCUT2D eigenvalue weighted by molar-refractivity contribution is 1.28. The normalized spacial score (nSPS) is 11.3. The summed E-state index contributed by atoms with van der Waals surface area (Å²) in [6, 6.07) is 61.6. The van der Waals surface area contributed by atoms with Crippen LogP contribution in [0.25, 0.3) is 32.3 Å². The zero-order valence-corrected chi connectivity index (χ0v) is 26.1. The van der Waals surface area contributed by atoms with Crippen LogP contribution in [0.1, 0.15) is 11.1 Å². The highest BCUT2D eigenvalue weighted by Crippen LogP contribution is 2.48. The van der Waals surface area contributed by atoms with Crippen LogP contribution >= 0.6 is 0 Å². The summed E-state index contributed by atoms with van der Waals surface area (Å²) in [5, 5.41) is 7.32. The Labute approximate surface area is 270 Å². The molecule has 2 nitrogen and oxygen atoms in total. The molecule has 8 rings (SSSR count). The summed E-state index contributed by atoms with van der Waals surface area (Å²) in [7, 11) is 0. The fourth-order valence-corrected chi connectivity index (χ4v) is 6.67. The van der Waals surface area contributed by atoms with Gasteiger partial charge in [0.1, 0.15) is 0 Å². The first-order valence-corrected chi connectivity index (χ1v) is 15.9. The molecule has 0 amide bonds. The van der Waals surface area contributed by atoms with Gasteiger partial charge in [0.2, 0.25) is 0 Å². The molecule has 0 aromatic heterocycles. The van der Waals surface area contributed by atoms with E-state index in [9.17, 15) is 0 Å². The van der Waals surface area contributed by atoms with Gasteiger partial charge in [-0.25, -0.2) is 0 Å². The molecule has 8 aromatic carbocycles. The van der Waals surface area contributed by atoms with Crippen molar-refractivity contribution in [3.63, 3.8) is 0 Å². The maximum absolute atomic E-state index is 2.43. The Morgan fingerprint density at radius 1 is 0.326 bits per heavy atom. The van der Waals surface area contributed by atoms with Crippen LogP contribution in [0.2, 0.25) is 0 Å². The molecule has 0 radical (unpaired) electrons. The number of hydrogen-bond donors (Lipinski definition) is 0. The van der Waals surface area contributed by atoms with Crippen molar-refractivity contribution in [3.8, 4) is 0 Å². The molecule has 0 saturated heterocycles. The van der Waals surface area contributed by atoms with Gasteiger partial charge in [0.05, 0.1) is 11.4 Å². The lowest BCUT2D eigenvalue weighted by Gasteiger charge is -2.31. The summed E-state index contributed by atoms with van der Waals surface area (Å²) in [6.45, 7) is 4.28. The monoisotopic (exact) mass is 590 g/mol. The number of aryl methyl sites for hydroxylation is 2. The first-order chi connectivity index (χ1) is 22.7. The third kappa shape index (κ3) is 4.85. The summed E-state index contributed by atoms with van der Waals surface area (Å²) in [4.78, 5) is 4.82. The van der Waals surface area contributed by atoms with Gasteiger partial charge in [0.25, 0.3) is 0 Å². The second-order valence-electron chi connectivity index (χ2n) is 12.0. The highest BCUT2D eigenvalue weighted by Gasteiger charge is 2.23. The Morgan fingerprint density at radius 2 is 0.826 bits per heavy atom. The predicted octanol–water partition coefficient (Wildman–Crippen LogP) is 12.7. The molecule has 0 aliphatic heterocycles. The third-order valence-electron chi connectivity index (χ3n) is 8.93. The van der Waals surface area contributed by atoms with Gasteiger partial charge in [-0.05, 0) is 90.7 Å². The van der Waals surface area contributed by atoms with Crippen LogP contribution in [0.5, 0.6) is 0 Å². The Kier molecular flexibility index (Phi) is 6.96. The Hall–Kier alpha value is -5.86. The topological polar surface area (TPSA) is 6.48 Å². The molecule has 46 heavy (non-hydrogen) atoms. The molecule has 0 aliphatic rings. The maximum atomic E-state index is 2.43. The van der Waals surface area contributed by atoms with E-state index in [0.29, 0.717) is 0 Å². The van der Waals surface area contributed by atoms with E-state index in [-0.39, 0.29) is 0 Å². The average Bonchev–Trinajstić information content (AvgIpc) is 3.11. The molecule has 0 unspecified atom stereocenters. The van der Waals surface area contributed by atoms with Gasteiger partial charge in [-0.2, -0.15) is 0 Å². The van der Waals surface area contributed by atoms with Gasteiger partial charge in [0.15, 0.2) is 0 Å². The van der Waals surface area contributed by atoms with E-state index >= 15 is 0 Å². The second kappa shape index (κ2) is 11.6. The van der Waals surface area contributed by atoms with Crippen LogP contribution < -0.4 is 9.80 Å². The zero-order chi connectivity index (χ0) is 31.0. The van der Waals surface area contributed by atoms with Gasteiger partial charge < -0.3 is 9.80 Å². The van der Waals surface area contributed by atoms with Crippen molar-refractivity contribution in [2.45, 2.75) is 13.8 Å². The van der Waals surface area contributed by atoms with E-state index in [1.54, 1.807) is 0 Å². The fraction of sp³-hybridized carbons (Fsp3) is 0.0455. The minimum atomic E-state index is 1.12. The Bertz CT molecular complexity index is 2310. The highest BCUT2D eigenvalue weighted by atomic mass is 15.2. The van der Waals surface area contributed by atoms with Gasteiger partial charge in [-0.1, -0.05) is 120 Å². The second-order valence-corrected chi connectivity index (χ2v) is 12.0. The standard InChI is InChI=1S/C44H34N2/c1-31-20-25-36(26-21-31)45(34-13-5-3-6-14-34)43-19-11-18-39-42(43)30-41-38-17-10-9-12-33(38)24-29-40(41)44(39)46(35-15-7-4-8-16-35)37-27-22-32(2)23-28-37/h3-30H,1-2H3. The maximum Gasteiger partial charge on any atom is 0.0619 e. The third-order valence-corrected chi connectivity index (χ3v) is 8.93. The quantitative estimate of drug-likeness (QED) is 0.140. The first-order valence-electron chi connectivity index (χ1n) is 15.9. The van der Waals surface area contributed by atoms with Crippen LogP contribution in [0.3, 0.4) is 0 Å². The number of nitrogens with zero attached hydrogens (tertiary/aromatic N) is 2. The van der Waals surface area contributed by atoms with Crippen molar-refractivity contribution in [1.82, 2.24) is 0 Å². The summed E-state index contributed by atoms with van der Waals surface area (Å²) in [5.41, 5.74) is 9.29. The van der Waals surface area contributed by atoms with E-state index in [4.69, 9.17) is 0 Å². The van der Waals surface area contributed by atoms with Gasteiger partial charge in [0, 0.05) is 38.9 Å². The summed E-state index contributed by atoms with van der Waals surface area (Å²) >= 11 is 0. The van der Waals surface area contributed by atoms with E-state index in [1.165, 1.54) is 49.1 Å². The molecular formula is C44H34N2. The molecule has 220 valence electrons. The Balaban J connectivity index is 1.52. The van der Waals surface area contributed by atoms with Crippen molar-refractivity contribution in [2.24, 2.45) is 0 Å². The van der Waals surface area contributed by atoms with Crippen molar-refractivity contribution >= 4 is 66.4 Å². The molecule has 0 heterocycles. The van der Waals surface area contributed by atoms with Crippen molar-refractivity contribution in [1.29, 1.82) is 0 Å². The van der Waals surface area contributed by atoms with Gasteiger partial charge >= 0.3 is 0 Å². The lowest BCUT2D eigenvalue weighted by atomic mass is 9.94. The molecule has 8 aromatic rings. The minimum Gasteiger partial charge on any atom is -0.310 e. The molecule has 0 N–H and O–H groups in total. The zero-order valence-electron chi connectivity index (χ0n) is 26.1. The van der Waals surface area contributed by atoms with Crippen LogP contribution in [0, 0.1) is 13.8 Å². The number of anilines is 6. The van der Waals surface area contributed by atoms with Crippen LogP contribution in [0.15, 0.2) is 170 Å². The van der Waals surface area contributed by atoms with E-state index in [2.05, 4.69) is 194 Å². The molecule has 0 saturated carbocycles. The average molecular weight is 591 g/mol. The van der Waals surface area contributed by atoms with Crippen LogP contribution in [0.4, 0.5) is 34.1 Å². The predicted molar refractivity (Wildman–Crippen MR) is 198 cm³/mol. The SMILES string of the molecule is Cc1ccc(N(c2ccccc2)c2cccc3c(N(c4ccccc4)c4ccc(C)cc4)c4ccc5ccccc5c4cc23)cc1. The summed E-state index contributed by atoms with van der Waals surface area (Å²) < 4.78 is 0. The number of fused-ring (bicyclic) bond motifs is 4. The number of rotatable bonds is 6.